The van der Waals surface area contributed by atoms with E-state index in [9.17, 15) is 0 Å². The molecule has 0 aliphatic heterocycles. The van der Waals surface area contributed by atoms with E-state index in [0.29, 0.717) is 5.92 Å². The van der Waals surface area contributed by atoms with E-state index in [1.54, 1.807) is 0 Å². The third-order valence-corrected chi connectivity index (χ3v) is 4.97. The van der Waals surface area contributed by atoms with Gasteiger partial charge in [0.15, 0.2) is 0 Å². The van der Waals surface area contributed by atoms with Crippen LogP contribution >= 0.6 is 15.9 Å². The van der Waals surface area contributed by atoms with E-state index < -0.39 is 0 Å². The Morgan fingerprint density at radius 1 is 1.30 bits per heavy atom. The molecule has 20 heavy (non-hydrogen) atoms. The zero-order chi connectivity index (χ0) is 14.4. The Balaban J connectivity index is 2.12. The van der Waals surface area contributed by atoms with Crippen LogP contribution in [0.5, 0.6) is 0 Å². The van der Waals surface area contributed by atoms with Crippen LogP contribution in [-0.4, -0.2) is 22.9 Å². The lowest BCUT2D eigenvalue weighted by molar-refractivity contribution is 0.282. The first kappa shape index (κ1) is 16.0. The number of hydrogen-bond acceptors (Lipinski definition) is 2. The van der Waals surface area contributed by atoms with Crippen LogP contribution in [0.2, 0.25) is 0 Å². The van der Waals surface area contributed by atoms with Crippen molar-refractivity contribution in [3.8, 4) is 0 Å². The molecule has 4 heteroatoms. The molecule has 0 spiro atoms. The highest BCUT2D eigenvalue weighted by Gasteiger charge is 2.30. The second-order valence-corrected chi connectivity index (χ2v) is 6.81. The molecule has 2 rings (SSSR count). The monoisotopic (exact) mass is 341 g/mol. The molecule has 1 aromatic heterocycles. The molecular weight excluding hydrogens is 314 g/mol. The van der Waals surface area contributed by atoms with Crippen LogP contribution in [0.15, 0.2) is 10.7 Å². The number of rotatable bonds is 7. The molecule has 1 aliphatic carbocycles. The quantitative estimate of drug-likeness (QED) is 0.748. The molecule has 0 amide bonds. The van der Waals surface area contributed by atoms with E-state index in [-0.39, 0.29) is 0 Å². The average Bonchev–Trinajstić information content (AvgIpc) is 2.81. The summed E-state index contributed by atoms with van der Waals surface area (Å²) in [5.74, 6) is 1.43. The maximum absolute atomic E-state index is 4.56. The summed E-state index contributed by atoms with van der Waals surface area (Å²) in [6.07, 6.45) is 9.75. The Morgan fingerprint density at radius 2 is 2.10 bits per heavy atom. The van der Waals surface area contributed by atoms with E-state index in [2.05, 4.69) is 44.9 Å². The molecule has 0 bridgehead atoms. The highest BCUT2D eigenvalue weighted by atomic mass is 79.9. The molecule has 0 aromatic carbocycles. The predicted molar refractivity (Wildman–Crippen MR) is 88.1 cm³/mol. The number of hydrogen-bond donors (Lipinski definition) is 1. The molecule has 0 saturated heterocycles. The third kappa shape index (κ3) is 3.85. The average molecular weight is 342 g/mol. The van der Waals surface area contributed by atoms with Crippen LogP contribution in [0.4, 0.5) is 0 Å². The van der Waals surface area contributed by atoms with Crippen molar-refractivity contribution in [2.75, 3.05) is 13.1 Å². The summed E-state index contributed by atoms with van der Waals surface area (Å²) >= 11 is 3.73. The fourth-order valence-corrected chi connectivity index (χ4v) is 4.00. The van der Waals surface area contributed by atoms with E-state index in [0.717, 1.165) is 32.0 Å². The van der Waals surface area contributed by atoms with Gasteiger partial charge >= 0.3 is 0 Å². The number of nitrogens with one attached hydrogen (secondary N) is 1. The summed E-state index contributed by atoms with van der Waals surface area (Å²) in [7, 11) is 0. The Labute approximate surface area is 131 Å². The van der Waals surface area contributed by atoms with Gasteiger partial charge in [-0.2, -0.15) is 5.10 Å². The normalized spacial score (nSPS) is 23.1. The molecule has 2 unspecified atom stereocenters. The molecule has 1 N–H and O–H groups in total. The Bertz CT molecular complexity index is 402. The predicted octanol–water partition coefficient (Wildman–Crippen LogP) is 4.33. The molecule has 2 atom stereocenters. The van der Waals surface area contributed by atoms with Crippen LogP contribution in [0.1, 0.15) is 64.0 Å². The zero-order valence-corrected chi connectivity index (χ0v) is 14.5. The molecule has 1 heterocycles. The standard InChI is InChI=1S/C16H28BrN3/c1-3-9-18-11-13-7-5-6-8-14(13)16-15(17)12-19-20(16)10-4-2/h12-14,18H,3-11H2,1-2H3. The van der Waals surface area contributed by atoms with Gasteiger partial charge in [0.1, 0.15) is 0 Å². The minimum atomic E-state index is 0.663. The van der Waals surface area contributed by atoms with Crippen molar-refractivity contribution < 1.29 is 0 Å². The van der Waals surface area contributed by atoms with Gasteiger partial charge in [-0.15, -0.1) is 0 Å². The lowest BCUT2D eigenvalue weighted by atomic mass is 9.77. The van der Waals surface area contributed by atoms with Gasteiger partial charge in [-0.3, -0.25) is 4.68 Å². The topological polar surface area (TPSA) is 29.9 Å². The van der Waals surface area contributed by atoms with Crippen molar-refractivity contribution in [3.05, 3.63) is 16.4 Å². The summed E-state index contributed by atoms with van der Waals surface area (Å²) in [6, 6.07) is 0. The maximum atomic E-state index is 4.56. The summed E-state index contributed by atoms with van der Waals surface area (Å²) < 4.78 is 3.44. The minimum Gasteiger partial charge on any atom is -0.316 e. The van der Waals surface area contributed by atoms with E-state index in [4.69, 9.17) is 0 Å². The molecule has 114 valence electrons. The van der Waals surface area contributed by atoms with Crippen molar-refractivity contribution >= 4 is 15.9 Å². The van der Waals surface area contributed by atoms with Crippen molar-refractivity contribution in [1.29, 1.82) is 0 Å². The van der Waals surface area contributed by atoms with Gasteiger partial charge in [0.2, 0.25) is 0 Å². The summed E-state index contributed by atoms with van der Waals surface area (Å²) in [4.78, 5) is 0. The van der Waals surface area contributed by atoms with Gasteiger partial charge in [0.25, 0.3) is 0 Å². The van der Waals surface area contributed by atoms with Gasteiger partial charge in [-0.05, 0) is 60.6 Å². The fourth-order valence-electron chi connectivity index (χ4n) is 3.41. The first-order chi connectivity index (χ1) is 9.77. The van der Waals surface area contributed by atoms with Crippen LogP contribution in [0.3, 0.4) is 0 Å². The molecule has 1 aromatic rings. The largest absolute Gasteiger partial charge is 0.316 e. The summed E-state index contributed by atoms with van der Waals surface area (Å²) in [5.41, 5.74) is 1.44. The van der Waals surface area contributed by atoms with Gasteiger partial charge in [-0.25, -0.2) is 0 Å². The highest BCUT2D eigenvalue weighted by Crippen LogP contribution is 2.40. The van der Waals surface area contributed by atoms with Crippen LogP contribution in [0, 0.1) is 5.92 Å². The summed E-state index contributed by atoms with van der Waals surface area (Å²) in [6.45, 7) is 7.78. The van der Waals surface area contributed by atoms with Gasteiger partial charge in [-0.1, -0.05) is 26.7 Å². The summed E-state index contributed by atoms with van der Waals surface area (Å²) in [5, 5.41) is 8.18. The highest BCUT2D eigenvalue weighted by molar-refractivity contribution is 9.10. The lowest BCUT2D eigenvalue weighted by Gasteiger charge is -2.32. The van der Waals surface area contributed by atoms with Gasteiger partial charge < -0.3 is 5.32 Å². The first-order valence-electron chi connectivity index (χ1n) is 8.19. The number of halogens is 1. The molecule has 1 saturated carbocycles. The zero-order valence-electron chi connectivity index (χ0n) is 12.9. The first-order valence-corrected chi connectivity index (χ1v) is 8.99. The SMILES string of the molecule is CCCNCC1CCCCC1c1c(Br)cnn1CCC. The maximum Gasteiger partial charge on any atom is 0.0635 e. The smallest absolute Gasteiger partial charge is 0.0635 e. The van der Waals surface area contributed by atoms with Gasteiger partial charge in [0, 0.05) is 12.5 Å². The van der Waals surface area contributed by atoms with E-state index in [1.807, 2.05) is 6.20 Å². The van der Waals surface area contributed by atoms with Gasteiger partial charge in [0.05, 0.1) is 16.4 Å². The van der Waals surface area contributed by atoms with Crippen molar-refractivity contribution in [2.45, 2.75) is 64.8 Å². The number of aryl methyl sites for hydroxylation is 1. The van der Waals surface area contributed by atoms with Crippen LogP contribution in [-0.2, 0) is 6.54 Å². The molecular formula is C16H28BrN3. The Hall–Kier alpha value is -0.350. The molecule has 1 aliphatic rings. The third-order valence-electron chi connectivity index (χ3n) is 4.36. The number of nitrogens with zero attached hydrogens (tertiary/aromatic N) is 2. The fraction of sp³-hybridized carbons (Fsp3) is 0.812. The number of aromatic nitrogens is 2. The van der Waals surface area contributed by atoms with Crippen LogP contribution in [0.25, 0.3) is 0 Å². The Kier molecular flexibility index (Phi) is 6.56. The second kappa shape index (κ2) is 8.18. The molecule has 0 radical (unpaired) electrons. The molecule has 3 nitrogen and oxygen atoms in total. The van der Waals surface area contributed by atoms with Crippen molar-refractivity contribution in [1.82, 2.24) is 15.1 Å². The van der Waals surface area contributed by atoms with E-state index in [1.165, 1.54) is 42.3 Å². The van der Waals surface area contributed by atoms with Crippen molar-refractivity contribution in [3.63, 3.8) is 0 Å². The molecule has 1 fully saturated rings. The van der Waals surface area contributed by atoms with Crippen molar-refractivity contribution in [2.24, 2.45) is 5.92 Å². The Morgan fingerprint density at radius 3 is 2.85 bits per heavy atom. The minimum absolute atomic E-state index is 0.663. The van der Waals surface area contributed by atoms with Crippen LogP contribution < -0.4 is 5.32 Å². The second-order valence-electron chi connectivity index (χ2n) is 5.96. The van der Waals surface area contributed by atoms with E-state index >= 15 is 0 Å². The lowest BCUT2D eigenvalue weighted by Crippen LogP contribution is -2.31.